The van der Waals surface area contributed by atoms with Gasteiger partial charge in [0.1, 0.15) is 5.75 Å². The van der Waals surface area contributed by atoms with Gasteiger partial charge < -0.3 is 9.84 Å². The second kappa shape index (κ2) is 3.28. The van der Waals surface area contributed by atoms with E-state index in [1.807, 2.05) is 25.1 Å². The van der Waals surface area contributed by atoms with Crippen LogP contribution in [0.1, 0.15) is 30.9 Å². The Bertz CT molecular complexity index is 342. The van der Waals surface area contributed by atoms with Gasteiger partial charge in [-0.1, -0.05) is 12.1 Å². The molecule has 76 valence electrons. The van der Waals surface area contributed by atoms with Gasteiger partial charge in [0.2, 0.25) is 0 Å². The summed E-state index contributed by atoms with van der Waals surface area (Å²) in [7, 11) is 1.68. The van der Waals surface area contributed by atoms with E-state index < -0.39 is 5.60 Å². The standard InChI is InChI=1S/C12H16O2/c1-12(13)8-4-5-9-10(12)6-3-7-11(9)14-2/h3,6-7,13H,4-5,8H2,1-2H3. The van der Waals surface area contributed by atoms with Crippen molar-refractivity contribution in [2.45, 2.75) is 31.8 Å². The maximum Gasteiger partial charge on any atom is 0.122 e. The Morgan fingerprint density at radius 1 is 1.43 bits per heavy atom. The summed E-state index contributed by atoms with van der Waals surface area (Å²) in [6, 6.07) is 5.90. The second-order valence-corrected chi connectivity index (χ2v) is 4.11. The van der Waals surface area contributed by atoms with Crippen molar-refractivity contribution in [1.82, 2.24) is 0 Å². The highest BCUT2D eigenvalue weighted by Crippen LogP contribution is 2.38. The lowest BCUT2D eigenvalue weighted by Crippen LogP contribution is -2.27. The van der Waals surface area contributed by atoms with E-state index in [1.54, 1.807) is 7.11 Å². The predicted octanol–water partition coefficient (Wildman–Crippen LogP) is 2.24. The van der Waals surface area contributed by atoms with Crippen LogP contribution >= 0.6 is 0 Å². The van der Waals surface area contributed by atoms with Gasteiger partial charge in [0, 0.05) is 5.56 Å². The Hall–Kier alpha value is -1.02. The highest BCUT2D eigenvalue weighted by atomic mass is 16.5. The number of benzene rings is 1. The zero-order chi connectivity index (χ0) is 10.2. The minimum Gasteiger partial charge on any atom is -0.496 e. The lowest BCUT2D eigenvalue weighted by molar-refractivity contribution is 0.0382. The van der Waals surface area contributed by atoms with E-state index in [-0.39, 0.29) is 0 Å². The van der Waals surface area contributed by atoms with Crippen LogP contribution in [0.15, 0.2) is 18.2 Å². The van der Waals surface area contributed by atoms with Crippen molar-refractivity contribution in [2.24, 2.45) is 0 Å². The molecular weight excluding hydrogens is 176 g/mol. The first-order valence-electron chi connectivity index (χ1n) is 5.04. The van der Waals surface area contributed by atoms with Crippen LogP contribution in [0.25, 0.3) is 0 Å². The van der Waals surface area contributed by atoms with Crippen LogP contribution in [-0.4, -0.2) is 12.2 Å². The van der Waals surface area contributed by atoms with Crippen LogP contribution in [0, 0.1) is 0 Å². The number of hydrogen-bond donors (Lipinski definition) is 1. The largest absolute Gasteiger partial charge is 0.496 e. The first-order chi connectivity index (χ1) is 6.65. The second-order valence-electron chi connectivity index (χ2n) is 4.11. The molecule has 0 radical (unpaired) electrons. The van der Waals surface area contributed by atoms with Crippen LogP contribution in [0.5, 0.6) is 5.75 Å². The van der Waals surface area contributed by atoms with Gasteiger partial charge in [-0.25, -0.2) is 0 Å². The Morgan fingerprint density at radius 3 is 2.93 bits per heavy atom. The van der Waals surface area contributed by atoms with Crippen molar-refractivity contribution in [1.29, 1.82) is 0 Å². The Morgan fingerprint density at radius 2 is 2.21 bits per heavy atom. The fourth-order valence-electron chi connectivity index (χ4n) is 2.26. The average molecular weight is 192 g/mol. The van der Waals surface area contributed by atoms with E-state index in [1.165, 1.54) is 5.56 Å². The van der Waals surface area contributed by atoms with E-state index in [0.29, 0.717) is 0 Å². The zero-order valence-corrected chi connectivity index (χ0v) is 8.71. The Labute approximate surface area is 84.5 Å². The van der Waals surface area contributed by atoms with Gasteiger partial charge in [-0.2, -0.15) is 0 Å². The highest BCUT2D eigenvalue weighted by Gasteiger charge is 2.30. The third-order valence-electron chi connectivity index (χ3n) is 3.02. The summed E-state index contributed by atoms with van der Waals surface area (Å²) >= 11 is 0. The summed E-state index contributed by atoms with van der Waals surface area (Å²) in [6.45, 7) is 1.88. The summed E-state index contributed by atoms with van der Waals surface area (Å²) in [5, 5.41) is 10.2. The molecule has 0 aromatic heterocycles. The molecule has 14 heavy (non-hydrogen) atoms. The van der Waals surface area contributed by atoms with Crippen LogP contribution in [0.3, 0.4) is 0 Å². The van der Waals surface area contributed by atoms with E-state index in [4.69, 9.17) is 4.74 Å². The minimum atomic E-state index is -0.678. The maximum atomic E-state index is 10.2. The molecule has 1 atom stereocenters. The number of hydrogen-bond acceptors (Lipinski definition) is 2. The van der Waals surface area contributed by atoms with Crippen LogP contribution < -0.4 is 4.74 Å². The molecule has 2 heteroatoms. The fraction of sp³-hybridized carbons (Fsp3) is 0.500. The highest BCUT2D eigenvalue weighted by molar-refractivity contribution is 5.44. The first kappa shape index (κ1) is 9.53. The average Bonchev–Trinajstić information content (AvgIpc) is 2.17. The van der Waals surface area contributed by atoms with E-state index in [2.05, 4.69) is 0 Å². The Balaban J connectivity index is 2.55. The van der Waals surface area contributed by atoms with Crippen molar-refractivity contribution >= 4 is 0 Å². The summed E-state index contributed by atoms with van der Waals surface area (Å²) in [4.78, 5) is 0. The number of ether oxygens (including phenoxy) is 1. The van der Waals surface area contributed by atoms with Crippen molar-refractivity contribution in [3.05, 3.63) is 29.3 Å². The molecule has 2 rings (SSSR count). The molecule has 0 spiro atoms. The van der Waals surface area contributed by atoms with Crippen molar-refractivity contribution in [3.8, 4) is 5.75 Å². The zero-order valence-electron chi connectivity index (χ0n) is 8.71. The van der Waals surface area contributed by atoms with Crippen molar-refractivity contribution < 1.29 is 9.84 Å². The molecule has 1 aromatic carbocycles. The van der Waals surface area contributed by atoms with Gasteiger partial charge in [0.05, 0.1) is 12.7 Å². The van der Waals surface area contributed by atoms with Gasteiger partial charge in [0.15, 0.2) is 0 Å². The topological polar surface area (TPSA) is 29.5 Å². The first-order valence-corrected chi connectivity index (χ1v) is 5.04. The molecule has 1 unspecified atom stereocenters. The number of fused-ring (bicyclic) bond motifs is 1. The van der Waals surface area contributed by atoms with Gasteiger partial charge in [-0.05, 0) is 37.8 Å². The van der Waals surface area contributed by atoms with Gasteiger partial charge >= 0.3 is 0 Å². The summed E-state index contributed by atoms with van der Waals surface area (Å²) in [5.41, 5.74) is 1.52. The van der Waals surface area contributed by atoms with E-state index in [9.17, 15) is 5.11 Å². The third-order valence-corrected chi connectivity index (χ3v) is 3.02. The fourth-order valence-corrected chi connectivity index (χ4v) is 2.26. The molecule has 2 nitrogen and oxygen atoms in total. The molecule has 0 saturated heterocycles. The summed E-state index contributed by atoms with van der Waals surface area (Å²) in [5.74, 6) is 0.905. The van der Waals surface area contributed by atoms with Crippen molar-refractivity contribution in [3.63, 3.8) is 0 Å². The van der Waals surface area contributed by atoms with Gasteiger partial charge in [-0.15, -0.1) is 0 Å². The van der Waals surface area contributed by atoms with Crippen LogP contribution in [-0.2, 0) is 12.0 Å². The molecule has 1 N–H and O–H groups in total. The maximum absolute atomic E-state index is 10.2. The molecule has 0 fully saturated rings. The SMILES string of the molecule is COc1cccc2c1CCCC2(C)O. The molecule has 0 aliphatic heterocycles. The number of rotatable bonds is 1. The smallest absolute Gasteiger partial charge is 0.122 e. The molecule has 0 amide bonds. The normalized spacial score (nSPS) is 25.6. The van der Waals surface area contributed by atoms with Gasteiger partial charge in [-0.3, -0.25) is 0 Å². The molecular formula is C12H16O2. The summed E-state index contributed by atoms with van der Waals surface area (Å²) in [6.07, 6.45) is 2.88. The minimum absolute atomic E-state index is 0.678. The van der Waals surface area contributed by atoms with Crippen LogP contribution in [0.2, 0.25) is 0 Å². The van der Waals surface area contributed by atoms with E-state index >= 15 is 0 Å². The third kappa shape index (κ3) is 1.40. The molecule has 1 aliphatic rings. The lowest BCUT2D eigenvalue weighted by Gasteiger charge is -2.31. The van der Waals surface area contributed by atoms with Crippen LogP contribution in [0.4, 0.5) is 0 Å². The Kier molecular flexibility index (Phi) is 2.23. The number of methoxy groups -OCH3 is 1. The quantitative estimate of drug-likeness (QED) is 0.739. The molecule has 0 saturated carbocycles. The molecule has 1 aromatic rings. The van der Waals surface area contributed by atoms with Crippen molar-refractivity contribution in [2.75, 3.05) is 7.11 Å². The lowest BCUT2D eigenvalue weighted by atomic mass is 9.80. The van der Waals surface area contributed by atoms with Gasteiger partial charge in [0.25, 0.3) is 0 Å². The molecule has 0 heterocycles. The molecule has 1 aliphatic carbocycles. The summed E-state index contributed by atoms with van der Waals surface area (Å²) < 4.78 is 5.29. The van der Waals surface area contributed by atoms with E-state index in [0.717, 1.165) is 30.6 Å². The number of aliphatic hydroxyl groups is 1. The predicted molar refractivity (Wildman–Crippen MR) is 55.5 cm³/mol. The monoisotopic (exact) mass is 192 g/mol. The molecule has 0 bridgehead atoms.